The molecule has 2 nitrogen and oxygen atoms in total. The summed E-state index contributed by atoms with van der Waals surface area (Å²) >= 11 is 0. The van der Waals surface area contributed by atoms with Gasteiger partial charge in [-0.15, -0.1) is 0 Å². The maximum Gasteiger partial charge on any atom is 0.109 e. The fraction of sp³-hybridized carbons (Fsp3) is 0.318. The summed E-state index contributed by atoms with van der Waals surface area (Å²) in [6.07, 6.45) is 2.12. The van der Waals surface area contributed by atoms with E-state index in [0.29, 0.717) is 5.92 Å². The van der Waals surface area contributed by atoms with Crippen LogP contribution in [0.3, 0.4) is 0 Å². The summed E-state index contributed by atoms with van der Waals surface area (Å²) in [5.74, 6) is 1.78. The molecule has 0 aliphatic rings. The topological polar surface area (TPSA) is 17.8 Å². The van der Waals surface area contributed by atoms with Crippen LogP contribution in [0.1, 0.15) is 33.0 Å². The summed E-state index contributed by atoms with van der Waals surface area (Å²) in [6.45, 7) is 7.76. The summed E-state index contributed by atoms with van der Waals surface area (Å²) in [6, 6.07) is 21.2. The second-order valence-electron chi connectivity index (χ2n) is 6.71. The van der Waals surface area contributed by atoms with E-state index in [2.05, 4.69) is 86.0 Å². The Balaban J connectivity index is 2.24. The van der Waals surface area contributed by atoms with Crippen molar-refractivity contribution in [1.29, 1.82) is 0 Å². The Morgan fingerprint density at radius 2 is 1.46 bits per heavy atom. The molecule has 0 saturated heterocycles. The Bertz CT molecular complexity index is 770. The molecular weight excluding hydrogens is 292 g/mol. The Hall–Kier alpha value is -2.35. The van der Waals surface area contributed by atoms with Gasteiger partial charge in [-0.05, 0) is 12.3 Å². The van der Waals surface area contributed by atoms with E-state index in [0.717, 1.165) is 25.1 Å². The van der Waals surface area contributed by atoms with Crippen LogP contribution in [0, 0.1) is 5.92 Å². The van der Waals surface area contributed by atoms with Gasteiger partial charge in [0, 0.05) is 24.1 Å². The van der Waals surface area contributed by atoms with Crippen LogP contribution >= 0.6 is 0 Å². The first-order valence-corrected chi connectivity index (χ1v) is 8.91. The molecule has 3 aromatic rings. The van der Waals surface area contributed by atoms with Crippen LogP contribution in [0.25, 0.3) is 22.5 Å². The third kappa shape index (κ3) is 3.43. The second-order valence-corrected chi connectivity index (χ2v) is 6.71. The zero-order valence-corrected chi connectivity index (χ0v) is 14.9. The largest absolute Gasteiger partial charge is 0.327 e. The number of benzene rings is 2. The minimum absolute atomic E-state index is 0.584. The van der Waals surface area contributed by atoms with Gasteiger partial charge in [-0.1, -0.05) is 81.4 Å². The lowest BCUT2D eigenvalue weighted by molar-refractivity contribution is 0.508. The highest BCUT2D eigenvalue weighted by Crippen LogP contribution is 2.33. The van der Waals surface area contributed by atoms with E-state index in [9.17, 15) is 0 Å². The standard InChI is InChI=1S/C22H26N2/c1-4-11-20-23-21(18-12-7-5-8-13-18)22(24(20)16-17(2)3)19-14-9-6-10-15-19/h5-10,12-15,17H,4,11,16H2,1-3H3. The smallest absolute Gasteiger partial charge is 0.109 e. The summed E-state index contributed by atoms with van der Waals surface area (Å²) < 4.78 is 2.44. The summed E-state index contributed by atoms with van der Waals surface area (Å²) in [5, 5.41) is 0. The van der Waals surface area contributed by atoms with Gasteiger partial charge in [0.25, 0.3) is 0 Å². The zero-order chi connectivity index (χ0) is 16.9. The molecule has 1 aromatic heterocycles. The predicted octanol–water partition coefficient (Wildman–Crippen LogP) is 5.83. The van der Waals surface area contributed by atoms with Gasteiger partial charge in [0.1, 0.15) is 5.82 Å². The lowest BCUT2D eigenvalue weighted by Gasteiger charge is -2.15. The van der Waals surface area contributed by atoms with Crippen molar-refractivity contribution in [2.75, 3.05) is 0 Å². The molecule has 0 spiro atoms. The Kier molecular flexibility index (Phi) is 5.14. The molecule has 0 atom stereocenters. The summed E-state index contributed by atoms with van der Waals surface area (Å²) in [4.78, 5) is 5.06. The van der Waals surface area contributed by atoms with Crippen LogP contribution in [-0.2, 0) is 13.0 Å². The first-order valence-electron chi connectivity index (χ1n) is 8.91. The fourth-order valence-electron chi connectivity index (χ4n) is 3.16. The van der Waals surface area contributed by atoms with E-state index >= 15 is 0 Å². The third-order valence-corrected chi connectivity index (χ3v) is 4.16. The van der Waals surface area contributed by atoms with Crippen molar-refractivity contribution >= 4 is 0 Å². The van der Waals surface area contributed by atoms with E-state index in [4.69, 9.17) is 4.98 Å². The van der Waals surface area contributed by atoms with Crippen LogP contribution in [0.5, 0.6) is 0 Å². The molecule has 0 N–H and O–H groups in total. The van der Waals surface area contributed by atoms with E-state index in [-0.39, 0.29) is 0 Å². The van der Waals surface area contributed by atoms with Gasteiger partial charge < -0.3 is 4.57 Å². The highest BCUT2D eigenvalue weighted by Gasteiger charge is 2.19. The van der Waals surface area contributed by atoms with E-state index < -0.39 is 0 Å². The van der Waals surface area contributed by atoms with Gasteiger partial charge in [0.15, 0.2) is 0 Å². The van der Waals surface area contributed by atoms with E-state index in [1.807, 2.05) is 0 Å². The maximum atomic E-state index is 5.06. The van der Waals surface area contributed by atoms with Crippen molar-refractivity contribution < 1.29 is 0 Å². The van der Waals surface area contributed by atoms with Crippen LogP contribution in [0.4, 0.5) is 0 Å². The summed E-state index contributed by atoms with van der Waals surface area (Å²) in [5.41, 5.74) is 4.79. The molecule has 1 heterocycles. The molecule has 0 fully saturated rings. The number of hydrogen-bond acceptors (Lipinski definition) is 1. The molecule has 0 bridgehead atoms. The normalized spacial score (nSPS) is 11.2. The third-order valence-electron chi connectivity index (χ3n) is 4.16. The Morgan fingerprint density at radius 1 is 0.875 bits per heavy atom. The Morgan fingerprint density at radius 3 is 2.00 bits per heavy atom. The maximum absolute atomic E-state index is 5.06. The second kappa shape index (κ2) is 7.48. The predicted molar refractivity (Wildman–Crippen MR) is 102 cm³/mol. The van der Waals surface area contributed by atoms with Gasteiger partial charge in [-0.3, -0.25) is 0 Å². The van der Waals surface area contributed by atoms with Crippen LogP contribution in [-0.4, -0.2) is 9.55 Å². The molecule has 24 heavy (non-hydrogen) atoms. The monoisotopic (exact) mass is 318 g/mol. The first kappa shape index (κ1) is 16.5. The highest BCUT2D eigenvalue weighted by atomic mass is 15.1. The number of aryl methyl sites for hydroxylation is 1. The van der Waals surface area contributed by atoms with Crippen LogP contribution in [0.2, 0.25) is 0 Å². The number of nitrogens with zero attached hydrogens (tertiary/aromatic N) is 2. The molecule has 0 amide bonds. The van der Waals surface area contributed by atoms with Gasteiger partial charge in [-0.2, -0.15) is 0 Å². The van der Waals surface area contributed by atoms with Gasteiger partial charge in [-0.25, -0.2) is 4.98 Å². The van der Waals surface area contributed by atoms with Crippen LogP contribution in [0.15, 0.2) is 60.7 Å². The molecule has 3 rings (SSSR count). The number of hydrogen-bond donors (Lipinski definition) is 0. The van der Waals surface area contributed by atoms with Crippen molar-refractivity contribution in [3.63, 3.8) is 0 Å². The highest BCUT2D eigenvalue weighted by molar-refractivity contribution is 5.79. The van der Waals surface area contributed by atoms with Crippen molar-refractivity contribution in [3.05, 3.63) is 66.5 Å². The number of aromatic nitrogens is 2. The molecule has 2 aromatic carbocycles. The lowest BCUT2D eigenvalue weighted by atomic mass is 10.0. The average Bonchev–Trinajstić information content (AvgIpc) is 2.94. The van der Waals surface area contributed by atoms with Crippen LogP contribution < -0.4 is 0 Å². The minimum Gasteiger partial charge on any atom is -0.327 e. The SMILES string of the molecule is CCCc1nc(-c2ccccc2)c(-c2ccccc2)n1CC(C)C. The van der Waals surface area contributed by atoms with Gasteiger partial charge in [0.2, 0.25) is 0 Å². The van der Waals surface area contributed by atoms with Gasteiger partial charge in [0.05, 0.1) is 11.4 Å². The van der Waals surface area contributed by atoms with Crippen molar-refractivity contribution in [3.8, 4) is 22.5 Å². The van der Waals surface area contributed by atoms with Gasteiger partial charge >= 0.3 is 0 Å². The van der Waals surface area contributed by atoms with Crippen molar-refractivity contribution in [1.82, 2.24) is 9.55 Å². The number of rotatable bonds is 6. The molecule has 124 valence electrons. The molecule has 0 radical (unpaired) electrons. The minimum atomic E-state index is 0.584. The summed E-state index contributed by atoms with van der Waals surface area (Å²) in [7, 11) is 0. The zero-order valence-electron chi connectivity index (χ0n) is 14.9. The quantitative estimate of drug-likeness (QED) is 0.559. The Labute approximate surface area is 145 Å². The lowest BCUT2D eigenvalue weighted by Crippen LogP contribution is -2.10. The molecule has 0 aliphatic carbocycles. The first-order chi connectivity index (χ1) is 11.7. The van der Waals surface area contributed by atoms with E-state index in [1.165, 1.54) is 22.6 Å². The molecule has 2 heteroatoms. The van der Waals surface area contributed by atoms with Crippen molar-refractivity contribution in [2.45, 2.75) is 40.2 Å². The van der Waals surface area contributed by atoms with E-state index in [1.54, 1.807) is 0 Å². The number of imidazole rings is 1. The molecule has 0 aliphatic heterocycles. The molecule has 0 unspecified atom stereocenters. The molecule has 0 saturated carbocycles. The fourth-order valence-corrected chi connectivity index (χ4v) is 3.16. The van der Waals surface area contributed by atoms with Crippen molar-refractivity contribution in [2.24, 2.45) is 5.92 Å². The molecular formula is C22H26N2. The average molecular weight is 318 g/mol.